The summed E-state index contributed by atoms with van der Waals surface area (Å²) < 4.78 is 2.33. The van der Waals surface area contributed by atoms with E-state index in [1.807, 2.05) is 12.3 Å². The lowest BCUT2D eigenvalue weighted by molar-refractivity contribution is -0.0403. The van der Waals surface area contributed by atoms with Gasteiger partial charge < -0.3 is 14.7 Å². The number of pyridine rings is 1. The Morgan fingerprint density at radius 2 is 2.04 bits per heavy atom. The fourth-order valence-electron chi connectivity index (χ4n) is 4.71. The first-order chi connectivity index (χ1) is 13.2. The molecule has 4 aromatic rings. The highest BCUT2D eigenvalue weighted by Gasteiger charge is 2.46. The number of aromatic amines is 1. The first kappa shape index (κ1) is 16.5. The van der Waals surface area contributed by atoms with Gasteiger partial charge in [0.25, 0.3) is 0 Å². The second-order valence-corrected chi connectivity index (χ2v) is 7.41. The number of rotatable bonds is 3. The van der Waals surface area contributed by atoms with Crippen molar-refractivity contribution in [2.45, 2.75) is 31.5 Å². The molecule has 0 saturated carbocycles. The van der Waals surface area contributed by atoms with Crippen molar-refractivity contribution in [3.8, 4) is 0 Å². The number of fused-ring (bicyclic) bond motifs is 2. The largest absolute Gasteiger partial charge is 0.393 e. The first-order valence-electron chi connectivity index (χ1n) is 9.66. The summed E-state index contributed by atoms with van der Waals surface area (Å²) in [6.07, 6.45) is 5.07. The summed E-state index contributed by atoms with van der Waals surface area (Å²) >= 11 is 0. The van der Waals surface area contributed by atoms with Gasteiger partial charge in [-0.05, 0) is 48.7 Å². The van der Waals surface area contributed by atoms with E-state index in [-0.39, 0.29) is 6.10 Å². The quantitative estimate of drug-likeness (QED) is 0.586. The molecule has 4 heterocycles. The van der Waals surface area contributed by atoms with Crippen molar-refractivity contribution in [3.05, 3.63) is 66.6 Å². The van der Waals surface area contributed by atoms with Crippen LogP contribution in [-0.4, -0.2) is 43.7 Å². The van der Waals surface area contributed by atoms with Crippen LogP contribution in [0.15, 0.2) is 60.9 Å². The summed E-state index contributed by atoms with van der Waals surface area (Å²) in [5, 5.41) is 13.0. The molecule has 5 nitrogen and oxygen atoms in total. The van der Waals surface area contributed by atoms with Crippen LogP contribution in [0.5, 0.6) is 0 Å². The van der Waals surface area contributed by atoms with Crippen molar-refractivity contribution in [2.24, 2.45) is 0 Å². The van der Waals surface area contributed by atoms with Gasteiger partial charge in [-0.1, -0.05) is 25.1 Å². The fourth-order valence-corrected chi connectivity index (χ4v) is 4.71. The summed E-state index contributed by atoms with van der Waals surface area (Å²) in [7, 11) is 0. The van der Waals surface area contributed by atoms with E-state index >= 15 is 0 Å². The number of H-pyrrole nitrogens is 1. The molecule has 0 spiro atoms. The number of aliphatic hydroxyl groups is 1. The lowest BCUT2D eigenvalue weighted by atomic mass is 9.89. The monoisotopic (exact) mass is 360 g/mol. The summed E-state index contributed by atoms with van der Waals surface area (Å²) in [4.78, 5) is 10.5. The Bertz CT molecular complexity index is 1060. The van der Waals surface area contributed by atoms with E-state index in [9.17, 15) is 5.11 Å². The van der Waals surface area contributed by atoms with Crippen molar-refractivity contribution in [3.63, 3.8) is 0 Å². The van der Waals surface area contributed by atoms with Crippen molar-refractivity contribution in [1.82, 2.24) is 19.4 Å². The predicted octanol–water partition coefficient (Wildman–Crippen LogP) is 3.70. The second kappa shape index (κ2) is 6.22. The maximum absolute atomic E-state index is 10.7. The van der Waals surface area contributed by atoms with Crippen LogP contribution in [-0.2, 0) is 5.66 Å². The van der Waals surface area contributed by atoms with Crippen molar-refractivity contribution >= 4 is 21.9 Å². The van der Waals surface area contributed by atoms with Crippen LogP contribution < -0.4 is 0 Å². The molecule has 0 amide bonds. The third kappa shape index (κ3) is 2.42. The predicted molar refractivity (Wildman–Crippen MR) is 108 cm³/mol. The van der Waals surface area contributed by atoms with Crippen LogP contribution in [0.1, 0.15) is 25.5 Å². The molecule has 0 radical (unpaired) electrons. The van der Waals surface area contributed by atoms with E-state index in [0.29, 0.717) is 6.42 Å². The molecule has 27 heavy (non-hydrogen) atoms. The molecule has 3 aromatic heterocycles. The van der Waals surface area contributed by atoms with Crippen LogP contribution in [0.3, 0.4) is 0 Å². The van der Waals surface area contributed by atoms with Gasteiger partial charge in [0, 0.05) is 36.3 Å². The van der Waals surface area contributed by atoms with Crippen LogP contribution in [0.4, 0.5) is 0 Å². The highest BCUT2D eigenvalue weighted by molar-refractivity contribution is 5.81. The Balaban J connectivity index is 1.81. The zero-order chi connectivity index (χ0) is 18.4. The van der Waals surface area contributed by atoms with E-state index < -0.39 is 5.66 Å². The Labute approximate surface area is 158 Å². The van der Waals surface area contributed by atoms with Gasteiger partial charge in [-0.2, -0.15) is 0 Å². The molecule has 5 rings (SSSR count). The standard InChI is InChI=1S/C22H24N4O/c1-2-25-12-10-18(27)15-22(25,20-14-17-7-5-11-23-21(17)24-20)26-13-9-16-6-3-4-8-19(16)26/h3-9,11,13-14,18,27H,2,10,12,15H2,1H3,(H,23,24). The molecular weight excluding hydrogens is 336 g/mol. The maximum Gasteiger partial charge on any atom is 0.141 e. The van der Waals surface area contributed by atoms with E-state index in [2.05, 4.69) is 75.0 Å². The normalized spacial score (nSPS) is 24.0. The number of benzene rings is 1. The number of para-hydroxylation sites is 1. The highest BCUT2D eigenvalue weighted by atomic mass is 16.3. The van der Waals surface area contributed by atoms with E-state index in [4.69, 9.17) is 0 Å². The van der Waals surface area contributed by atoms with E-state index in [0.717, 1.165) is 36.2 Å². The number of nitrogens with zero attached hydrogens (tertiary/aromatic N) is 3. The smallest absolute Gasteiger partial charge is 0.141 e. The highest BCUT2D eigenvalue weighted by Crippen LogP contribution is 2.41. The minimum absolute atomic E-state index is 0.340. The summed E-state index contributed by atoms with van der Waals surface area (Å²) in [5.41, 5.74) is 2.69. The third-order valence-electron chi connectivity index (χ3n) is 5.98. The molecule has 1 aliphatic rings. The first-order valence-corrected chi connectivity index (χ1v) is 9.66. The number of hydrogen-bond acceptors (Lipinski definition) is 3. The molecule has 0 aliphatic carbocycles. The third-order valence-corrected chi connectivity index (χ3v) is 5.98. The second-order valence-electron chi connectivity index (χ2n) is 7.41. The molecule has 1 aromatic carbocycles. The topological polar surface area (TPSA) is 57.1 Å². The van der Waals surface area contributed by atoms with Crippen molar-refractivity contribution in [1.29, 1.82) is 0 Å². The molecule has 2 atom stereocenters. The lowest BCUT2D eigenvalue weighted by Crippen LogP contribution is -2.57. The average Bonchev–Trinajstić information content (AvgIpc) is 3.32. The Hall–Kier alpha value is -2.63. The zero-order valence-electron chi connectivity index (χ0n) is 15.5. The molecule has 1 aliphatic heterocycles. The Morgan fingerprint density at radius 1 is 1.19 bits per heavy atom. The van der Waals surface area contributed by atoms with Crippen LogP contribution in [0.2, 0.25) is 0 Å². The van der Waals surface area contributed by atoms with Gasteiger partial charge in [-0.25, -0.2) is 4.98 Å². The Morgan fingerprint density at radius 3 is 2.89 bits per heavy atom. The molecule has 0 bridgehead atoms. The number of likely N-dealkylation sites (tertiary alicyclic amines) is 1. The lowest BCUT2D eigenvalue weighted by Gasteiger charge is -2.49. The van der Waals surface area contributed by atoms with Crippen LogP contribution in [0, 0.1) is 0 Å². The Kier molecular flexibility index (Phi) is 3.81. The van der Waals surface area contributed by atoms with E-state index in [1.165, 1.54) is 10.9 Å². The molecular formula is C22H24N4O. The van der Waals surface area contributed by atoms with Crippen molar-refractivity contribution < 1.29 is 5.11 Å². The number of nitrogens with one attached hydrogen (secondary N) is 1. The summed E-state index contributed by atoms with van der Waals surface area (Å²) in [6, 6.07) is 16.8. The van der Waals surface area contributed by atoms with Crippen molar-refractivity contribution in [2.75, 3.05) is 13.1 Å². The van der Waals surface area contributed by atoms with Gasteiger partial charge in [0.05, 0.1) is 11.8 Å². The van der Waals surface area contributed by atoms with Gasteiger partial charge in [-0.15, -0.1) is 0 Å². The molecule has 1 saturated heterocycles. The summed E-state index contributed by atoms with van der Waals surface area (Å²) in [6.45, 7) is 3.95. The van der Waals surface area contributed by atoms with Crippen LogP contribution in [0.25, 0.3) is 21.9 Å². The maximum atomic E-state index is 10.7. The van der Waals surface area contributed by atoms with Gasteiger partial charge in [0.15, 0.2) is 0 Å². The number of hydrogen-bond donors (Lipinski definition) is 2. The van der Waals surface area contributed by atoms with Gasteiger partial charge in [-0.3, -0.25) is 4.90 Å². The molecule has 2 unspecified atom stereocenters. The molecule has 5 heteroatoms. The minimum atomic E-state index is -0.462. The van der Waals surface area contributed by atoms with Gasteiger partial charge in [0.1, 0.15) is 11.3 Å². The zero-order valence-corrected chi connectivity index (χ0v) is 15.5. The van der Waals surface area contributed by atoms with Gasteiger partial charge >= 0.3 is 0 Å². The molecule has 1 fully saturated rings. The SMILES string of the molecule is CCN1CCC(O)CC1(c1cc2cccnc2[nH]1)n1ccc2ccccc21. The van der Waals surface area contributed by atoms with E-state index in [1.54, 1.807) is 0 Å². The fraction of sp³-hybridized carbons (Fsp3) is 0.318. The average molecular weight is 360 g/mol. The molecule has 138 valence electrons. The number of aliphatic hydroxyl groups excluding tert-OH is 1. The number of piperidine rings is 1. The van der Waals surface area contributed by atoms with Gasteiger partial charge in [0.2, 0.25) is 0 Å². The number of aromatic nitrogens is 3. The van der Waals surface area contributed by atoms with Crippen LogP contribution >= 0.6 is 0 Å². The summed E-state index contributed by atoms with van der Waals surface area (Å²) in [5.74, 6) is 0. The minimum Gasteiger partial charge on any atom is -0.393 e. The molecule has 2 N–H and O–H groups in total.